The molecule has 1 saturated heterocycles. The van der Waals surface area contributed by atoms with E-state index in [0.717, 1.165) is 24.7 Å². The van der Waals surface area contributed by atoms with Crippen molar-refractivity contribution in [3.63, 3.8) is 0 Å². The van der Waals surface area contributed by atoms with Crippen molar-refractivity contribution in [3.05, 3.63) is 59.7 Å². The Morgan fingerprint density at radius 2 is 1.83 bits per heavy atom. The summed E-state index contributed by atoms with van der Waals surface area (Å²) in [7, 11) is 3.49. The molecule has 3 rings (SSSR count). The molecule has 2 aromatic carbocycles. The maximum Gasteiger partial charge on any atom is 0.253 e. The van der Waals surface area contributed by atoms with Crippen LogP contribution in [0, 0.1) is 5.92 Å². The molecule has 1 amide bonds. The minimum Gasteiger partial charge on any atom is -0.371 e. The molecule has 0 bridgehead atoms. The summed E-state index contributed by atoms with van der Waals surface area (Å²) in [5.41, 5.74) is 4.00. The lowest BCUT2D eigenvalue weighted by Crippen LogP contribution is -2.34. The van der Waals surface area contributed by atoms with Crippen LogP contribution in [-0.4, -0.2) is 43.1 Å². The van der Waals surface area contributed by atoms with Gasteiger partial charge in [0.25, 0.3) is 5.91 Å². The zero-order valence-corrected chi connectivity index (χ0v) is 18.3. The predicted octanol–water partition coefficient (Wildman–Crippen LogP) is 4.11. The number of thiocarbonyl (C=S) groups is 1. The number of hydrogen-bond acceptors (Lipinski definition) is 3. The van der Waals surface area contributed by atoms with Gasteiger partial charge < -0.3 is 20.4 Å². The number of carbonyl (C=O) groups excluding carboxylic acids is 1. The highest BCUT2D eigenvalue weighted by atomic mass is 32.1. The number of carbonyl (C=O) groups is 1. The molecular formula is C23H30N4OS. The van der Waals surface area contributed by atoms with E-state index in [4.69, 9.17) is 12.2 Å². The number of benzene rings is 2. The number of hydrogen-bond donors (Lipinski definition) is 2. The lowest BCUT2D eigenvalue weighted by atomic mass is 9.99. The summed E-state index contributed by atoms with van der Waals surface area (Å²) in [6.07, 6.45) is 2.60. The van der Waals surface area contributed by atoms with E-state index in [1.165, 1.54) is 24.1 Å². The largest absolute Gasteiger partial charge is 0.371 e. The van der Waals surface area contributed by atoms with Gasteiger partial charge in [0.1, 0.15) is 0 Å². The first-order chi connectivity index (χ1) is 13.9. The normalized spacial score (nSPS) is 16.2. The molecular weight excluding hydrogens is 380 g/mol. The molecule has 0 unspecified atom stereocenters. The van der Waals surface area contributed by atoms with Gasteiger partial charge in [0.05, 0.1) is 0 Å². The van der Waals surface area contributed by atoms with E-state index in [9.17, 15) is 4.79 Å². The minimum absolute atomic E-state index is 0.0142. The topological polar surface area (TPSA) is 47.6 Å². The molecule has 2 N–H and O–H groups in total. The fraction of sp³-hybridized carbons (Fsp3) is 0.391. The number of nitrogens with zero attached hydrogens (tertiary/aromatic N) is 2. The van der Waals surface area contributed by atoms with Crippen LogP contribution in [0.2, 0.25) is 0 Å². The lowest BCUT2D eigenvalue weighted by Gasteiger charge is -2.32. The highest BCUT2D eigenvalue weighted by molar-refractivity contribution is 7.80. The van der Waals surface area contributed by atoms with E-state index in [-0.39, 0.29) is 5.91 Å². The van der Waals surface area contributed by atoms with Crippen molar-refractivity contribution >= 4 is 34.6 Å². The highest BCUT2D eigenvalue weighted by Crippen LogP contribution is 2.23. The van der Waals surface area contributed by atoms with Crippen molar-refractivity contribution in [2.75, 3.05) is 37.4 Å². The van der Waals surface area contributed by atoms with Crippen molar-refractivity contribution in [2.24, 2.45) is 5.92 Å². The highest BCUT2D eigenvalue weighted by Gasteiger charge is 2.16. The summed E-state index contributed by atoms with van der Waals surface area (Å²) in [5.74, 6) is 0.753. The van der Waals surface area contributed by atoms with E-state index in [1.54, 1.807) is 31.1 Å². The Bertz CT molecular complexity index is 833. The molecule has 6 heteroatoms. The van der Waals surface area contributed by atoms with E-state index in [1.807, 2.05) is 12.1 Å². The van der Waals surface area contributed by atoms with Crippen LogP contribution in [0.1, 0.15) is 35.7 Å². The van der Waals surface area contributed by atoms with Crippen LogP contribution in [0.4, 0.5) is 11.4 Å². The Kier molecular flexibility index (Phi) is 7.09. The van der Waals surface area contributed by atoms with Gasteiger partial charge in [-0.15, -0.1) is 0 Å². The van der Waals surface area contributed by atoms with Gasteiger partial charge >= 0.3 is 0 Å². The molecule has 1 heterocycles. The Morgan fingerprint density at radius 3 is 2.45 bits per heavy atom. The van der Waals surface area contributed by atoms with E-state index >= 15 is 0 Å². The number of amides is 1. The third kappa shape index (κ3) is 5.94. The zero-order chi connectivity index (χ0) is 20.8. The van der Waals surface area contributed by atoms with Crippen LogP contribution >= 0.6 is 12.2 Å². The molecule has 1 aliphatic rings. The van der Waals surface area contributed by atoms with Gasteiger partial charge in [-0.2, -0.15) is 0 Å². The van der Waals surface area contributed by atoms with Crippen LogP contribution in [0.25, 0.3) is 0 Å². The van der Waals surface area contributed by atoms with E-state index < -0.39 is 0 Å². The lowest BCUT2D eigenvalue weighted by molar-refractivity contribution is 0.0827. The first kappa shape index (κ1) is 21.1. The summed E-state index contributed by atoms with van der Waals surface area (Å²) in [4.78, 5) is 16.0. The summed E-state index contributed by atoms with van der Waals surface area (Å²) in [5, 5.41) is 6.96. The van der Waals surface area contributed by atoms with Crippen molar-refractivity contribution in [1.29, 1.82) is 0 Å². The Balaban J connectivity index is 1.48. The quantitative estimate of drug-likeness (QED) is 0.727. The van der Waals surface area contributed by atoms with E-state index in [2.05, 4.69) is 46.7 Å². The average molecular weight is 411 g/mol. The first-order valence-corrected chi connectivity index (χ1v) is 10.5. The van der Waals surface area contributed by atoms with Crippen LogP contribution in [0.3, 0.4) is 0 Å². The molecule has 0 radical (unpaired) electrons. The fourth-order valence-corrected chi connectivity index (χ4v) is 3.75. The fourth-order valence-electron chi connectivity index (χ4n) is 3.56. The minimum atomic E-state index is -0.0142. The summed E-state index contributed by atoms with van der Waals surface area (Å²) in [6, 6.07) is 16.0. The first-order valence-electron chi connectivity index (χ1n) is 10.1. The number of piperidine rings is 1. The molecule has 0 aliphatic carbocycles. The van der Waals surface area contributed by atoms with Gasteiger partial charge in [0.2, 0.25) is 0 Å². The van der Waals surface area contributed by atoms with Crippen LogP contribution < -0.4 is 15.5 Å². The zero-order valence-electron chi connectivity index (χ0n) is 17.4. The maximum atomic E-state index is 11.9. The van der Waals surface area contributed by atoms with Crippen molar-refractivity contribution in [3.8, 4) is 0 Å². The smallest absolute Gasteiger partial charge is 0.253 e. The van der Waals surface area contributed by atoms with Gasteiger partial charge in [-0.05, 0) is 72.9 Å². The summed E-state index contributed by atoms with van der Waals surface area (Å²) in [6.45, 7) is 5.28. The molecule has 0 saturated carbocycles. The number of anilines is 2. The summed E-state index contributed by atoms with van der Waals surface area (Å²) >= 11 is 5.40. The van der Waals surface area contributed by atoms with Gasteiger partial charge in [-0.25, -0.2) is 0 Å². The maximum absolute atomic E-state index is 11.9. The second-order valence-corrected chi connectivity index (χ2v) is 8.35. The van der Waals surface area contributed by atoms with Crippen molar-refractivity contribution in [2.45, 2.75) is 26.3 Å². The van der Waals surface area contributed by atoms with Gasteiger partial charge in [-0.3, -0.25) is 4.79 Å². The summed E-state index contributed by atoms with van der Waals surface area (Å²) < 4.78 is 0. The Morgan fingerprint density at radius 1 is 1.14 bits per heavy atom. The van der Waals surface area contributed by atoms with Crippen molar-refractivity contribution in [1.82, 2.24) is 10.2 Å². The second-order valence-electron chi connectivity index (χ2n) is 7.94. The molecule has 1 fully saturated rings. The number of nitrogens with one attached hydrogen (secondary N) is 2. The predicted molar refractivity (Wildman–Crippen MR) is 125 cm³/mol. The molecule has 0 aromatic heterocycles. The Hall–Kier alpha value is -2.60. The van der Waals surface area contributed by atoms with Gasteiger partial charge in [0.15, 0.2) is 5.11 Å². The van der Waals surface area contributed by atoms with Crippen LogP contribution in [-0.2, 0) is 6.54 Å². The average Bonchev–Trinajstić information content (AvgIpc) is 2.72. The van der Waals surface area contributed by atoms with Gasteiger partial charge in [0, 0.05) is 50.7 Å². The molecule has 5 nitrogen and oxygen atoms in total. The van der Waals surface area contributed by atoms with Gasteiger partial charge in [-0.1, -0.05) is 19.1 Å². The molecule has 154 valence electrons. The molecule has 0 spiro atoms. The molecule has 1 aliphatic heterocycles. The standard InChI is InChI=1S/C23H30N4OS/c1-17-5-4-14-27(16-17)21-12-6-18(7-13-21)15-24-23(29)25-20-10-8-19(9-11-20)22(28)26(2)3/h6-13,17H,4-5,14-16H2,1-3H3,(H2,24,25,29)/t17-/m1/s1. The molecule has 1 atom stereocenters. The molecule has 29 heavy (non-hydrogen) atoms. The van der Waals surface area contributed by atoms with Crippen LogP contribution in [0.15, 0.2) is 48.5 Å². The monoisotopic (exact) mass is 410 g/mol. The number of rotatable bonds is 5. The Labute approximate surface area is 179 Å². The molecule has 2 aromatic rings. The second kappa shape index (κ2) is 9.74. The SMILES string of the molecule is C[C@@H]1CCCN(c2ccc(CNC(=S)Nc3ccc(C(=O)N(C)C)cc3)cc2)C1. The third-order valence-electron chi connectivity index (χ3n) is 5.21. The third-order valence-corrected chi connectivity index (χ3v) is 5.45. The van der Waals surface area contributed by atoms with E-state index in [0.29, 0.717) is 17.2 Å². The van der Waals surface area contributed by atoms with Crippen LogP contribution in [0.5, 0.6) is 0 Å². The van der Waals surface area contributed by atoms with Crippen molar-refractivity contribution < 1.29 is 4.79 Å².